The second-order valence-electron chi connectivity index (χ2n) is 5.49. The van der Waals surface area contributed by atoms with E-state index in [-0.39, 0.29) is 11.8 Å². The molecule has 23 heavy (non-hydrogen) atoms. The number of anilines is 1. The van der Waals surface area contributed by atoms with Crippen LogP contribution in [0.3, 0.4) is 0 Å². The largest absolute Gasteiger partial charge is 0.334 e. The van der Waals surface area contributed by atoms with Crippen LogP contribution in [0.2, 0.25) is 0 Å². The van der Waals surface area contributed by atoms with Crippen LogP contribution in [-0.2, 0) is 13.1 Å². The lowest BCUT2D eigenvalue weighted by molar-refractivity contribution is 0.251. The van der Waals surface area contributed by atoms with Crippen molar-refractivity contribution in [3.8, 4) is 0 Å². The number of nitrogens with one attached hydrogen (secondary N) is 2. The first-order chi connectivity index (χ1) is 10.9. The van der Waals surface area contributed by atoms with E-state index in [0.29, 0.717) is 16.7 Å². The normalized spacial score (nSPS) is 10.7. The van der Waals surface area contributed by atoms with Crippen LogP contribution >= 0.6 is 15.9 Å². The van der Waals surface area contributed by atoms with Crippen molar-refractivity contribution in [3.63, 3.8) is 0 Å². The highest BCUT2D eigenvalue weighted by molar-refractivity contribution is 9.10. The van der Waals surface area contributed by atoms with Gasteiger partial charge in [0.05, 0.1) is 5.69 Å². The Kier molecular flexibility index (Phi) is 6.12. The summed E-state index contributed by atoms with van der Waals surface area (Å²) in [7, 11) is 4.04. The van der Waals surface area contributed by atoms with E-state index in [4.69, 9.17) is 0 Å². The van der Waals surface area contributed by atoms with Gasteiger partial charge in [-0.25, -0.2) is 9.18 Å². The number of amides is 2. The first-order valence-electron chi connectivity index (χ1n) is 7.16. The summed E-state index contributed by atoms with van der Waals surface area (Å²) < 4.78 is 13.5. The van der Waals surface area contributed by atoms with Gasteiger partial charge in [0.25, 0.3) is 0 Å². The van der Waals surface area contributed by atoms with Crippen molar-refractivity contribution < 1.29 is 9.18 Å². The zero-order valence-corrected chi connectivity index (χ0v) is 14.7. The number of halogens is 2. The number of rotatable bonds is 5. The van der Waals surface area contributed by atoms with Crippen LogP contribution in [-0.4, -0.2) is 25.0 Å². The number of benzene rings is 2. The van der Waals surface area contributed by atoms with E-state index in [0.717, 1.165) is 12.1 Å². The van der Waals surface area contributed by atoms with Gasteiger partial charge in [-0.15, -0.1) is 0 Å². The molecule has 0 heterocycles. The van der Waals surface area contributed by atoms with Gasteiger partial charge in [0.1, 0.15) is 5.82 Å². The van der Waals surface area contributed by atoms with Crippen LogP contribution in [0.5, 0.6) is 0 Å². The minimum Gasteiger partial charge on any atom is -0.334 e. The van der Waals surface area contributed by atoms with E-state index in [2.05, 4.69) is 31.5 Å². The fraction of sp³-hybridized carbons (Fsp3) is 0.235. The Balaban J connectivity index is 1.86. The summed E-state index contributed by atoms with van der Waals surface area (Å²) in [4.78, 5) is 14.0. The average molecular weight is 380 g/mol. The van der Waals surface area contributed by atoms with Crippen molar-refractivity contribution in [1.29, 1.82) is 0 Å². The summed E-state index contributed by atoms with van der Waals surface area (Å²) in [6.45, 7) is 1.31. The van der Waals surface area contributed by atoms with Gasteiger partial charge < -0.3 is 15.5 Å². The molecule has 6 heteroatoms. The van der Waals surface area contributed by atoms with Crippen molar-refractivity contribution in [2.75, 3.05) is 19.4 Å². The van der Waals surface area contributed by atoms with Gasteiger partial charge in [0, 0.05) is 17.6 Å². The fourth-order valence-corrected chi connectivity index (χ4v) is 2.52. The average Bonchev–Trinajstić information content (AvgIpc) is 2.49. The topological polar surface area (TPSA) is 44.4 Å². The molecule has 2 N–H and O–H groups in total. The maximum atomic E-state index is 13.0. The van der Waals surface area contributed by atoms with Crippen LogP contribution in [0, 0.1) is 5.82 Å². The molecule has 0 aliphatic carbocycles. The van der Waals surface area contributed by atoms with Crippen molar-refractivity contribution in [3.05, 3.63) is 63.9 Å². The van der Waals surface area contributed by atoms with Crippen LogP contribution in [0.1, 0.15) is 11.1 Å². The summed E-state index contributed by atoms with van der Waals surface area (Å²) in [6, 6.07) is 11.9. The molecule has 0 aliphatic rings. The van der Waals surface area contributed by atoms with Crippen molar-refractivity contribution >= 4 is 27.6 Å². The monoisotopic (exact) mass is 379 g/mol. The second kappa shape index (κ2) is 8.08. The molecular formula is C17H19BrFN3O. The lowest BCUT2D eigenvalue weighted by Gasteiger charge is -2.11. The maximum absolute atomic E-state index is 13.0. The Bertz CT molecular complexity index is 674. The molecule has 2 aromatic rings. The highest BCUT2D eigenvalue weighted by Gasteiger charge is 2.06. The lowest BCUT2D eigenvalue weighted by atomic mass is 10.1. The molecule has 0 bridgehead atoms. The Hall–Kier alpha value is -1.92. The Morgan fingerprint density at radius 3 is 2.39 bits per heavy atom. The zero-order valence-electron chi connectivity index (χ0n) is 13.1. The number of nitrogens with zero attached hydrogens (tertiary/aromatic N) is 1. The number of hydrogen-bond donors (Lipinski definition) is 2. The molecule has 0 saturated heterocycles. The highest BCUT2D eigenvalue weighted by atomic mass is 79.9. The van der Waals surface area contributed by atoms with E-state index in [9.17, 15) is 9.18 Å². The summed E-state index contributed by atoms with van der Waals surface area (Å²) in [6.07, 6.45) is 0. The molecule has 0 spiro atoms. The Morgan fingerprint density at radius 1 is 1.13 bits per heavy atom. The molecule has 2 aromatic carbocycles. The SMILES string of the molecule is CN(C)Cc1ccc(CNC(=O)Nc2ccc(F)cc2Br)cc1. The molecule has 4 nitrogen and oxygen atoms in total. The molecule has 0 atom stereocenters. The molecule has 0 radical (unpaired) electrons. The first kappa shape index (κ1) is 17.4. The summed E-state index contributed by atoms with van der Waals surface area (Å²) in [5.41, 5.74) is 2.75. The molecule has 122 valence electrons. The quantitative estimate of drug-likeness (QED) is 0.825. The molecule has 2 rings (SSSR count). The minimum atomic E-state index is -0.361. The zero-order chi connectivity index (χ0) is 16.8. The number of carbonyl (C=O) groups is 1. The Labute approximate surface area is 143 Å². The van der Waals surface area contributed by atoms with E-state index in [1.807, 2.05) is 38.4 Å². The number of hydrogen-bond acceptors (Lipinski definition) is 2. The van der Waals surface area contributed by atoms with E-state index >= 15 is 0 Å². The molecule has 0 aliphatic heterocycles. The fourth-order valence-electron chi connectivity index (χ4n) is 2.07. The van der Waals surface area contributed by atoms with Gasteiger partial charge >= 0.3 is 6.03 Å². The lowest BCUT2D eigenvalue weighted by Crippen LogP contribution is -2.28. The van der Waals surface area contributed by atoms with Crippen molar-refractivity contribution in [2.24, 2.45) is 0 Å². The maximum Gasteiger partial charge on any atom is 0.319 e. The van der Waals surface area contributed by atoms with Crippen LogP contribution < -0.4 is 10.6 Å². The van der Waals surface area contributed by atoms with Gasteiger partial charge in [0.15, 0.2) is 0 Å². The second-order valence-corrected chi connectivity index (χ2v) is 6.34. The predicted molar refractivity (Wildman–Crippen MR) is 93.8 cm³/mol. The smallest absolute Gasteiger partial charge is 0.319 e. The molecule has 0 saturated carbocycles. The van der Waals surface area contributed by atoms with E-state index in [1.165, 1.54) is 23.8 Å². The van der Waals surface area contributed by atoms with Gasteiger partial charge in [-0.3, -0.25) is 0 Å². The molecule has 0 aromatic heterocycles. The molecular weight excluding hydrogens is 361 g/mol. The third kappa shape index (κ3) is 5.65. The highest BCUT2D eigenvalue weighted by Crippen LogP contribution is 2.22. The number of urea groups is 1. The van der Waals surface area contributed by atoms with E-state index in [1.54, 1.807) is 0 Å². The van der Waals surface area contributed by atoms with Gasteiger partial charge in [-0.2, -0.15) is 0 Å². The standard InChI is InChI=1S/C17H19BrFN3O/c1-22(2)11-13-5-3-12(4-6-13)10-20-17(23)21-16-8-7-14(19)9-15(16)18/h3-9H,10-11H2,1-2H3,(H2,20,21,23). The van der Waals surface area contributed by atoms with Crippen molar-refractivity contribution in [2.45, 2.75) is 13.1 Å². The molecule has 2 amide bonds. The first-order valence-corrected chi connectivity index (χ1v) is 7.96. The minimum absolute atomic E-state index is 0.338. The third-order valence-electron chi connectivity index (χ3n) is 3.15. The predicted octanol–water partition coefficient (Wildman–Crippen LogP) is 3.97. The molecule has 0 fully saturated rings. The number of carbonyl (C=O) groups excluding carboxylic acids is 1. The van der Waals surface area contributed by atoms with Crippen LogP contribution in [0.25, 0.3) is 0 Å². The third-order valence-corrected chi connectivity index (χ3v) is 3.81. The van der Waals surface area contributed by atoms with Gasteiger partial charge in [-0.1, -0.05) is 24.3 Å². The van der Waals surface area contributed by atoms with Crippen molar-refractivity contribution in [1.82, 2.24) is 10.2 Å². The summed E-state index contributed by atoms with van der Waals surface area (Å²) in [5, 5.41) is 5.45. The molecule has 0 unspecified atom stereocenters. The summed E-state index contributed by atoms with van der Waals surface area (Å²) >= 11 is 3.21. The van der Waals surface area contributed by atoms with Gasteiger partial charge in [-0.05, 0) is 59.4 Å². The van der Waals surface area contributed by atoms with Crippen LogP contribution in [0.15, 0.2) is 46.9 Å². The van der Waals surface area contributed by atoms with Crippen LogP contribution in [0.4, 0.5) is 14.9 Å². The van der Waals surface area contributed by atoms with E-state index < -0.39 is 0 Å². The Morgan fingerprint density at radius 2 is 1.78 bits per heavy atom. The van der Waals surface area contributed by atoms with Gasteiger partial charge in [0.2, 0.25) is 0 Å². The summed E-state index contributed by atoms with van der Waals surface area (Å²) in [5.74, 6) is -0.361.